The van der Waals surface area contributed by atoms with Gasteiger partial charge in [0.2, 0.25) is 11.8 Å². The molecular weight excluding hydrogens is 316 g/mol. The van der Waals surface area contributed by atoms with Crippen molar-refractivity contribution in [2.75, 3.05) is 39.4 Å². The van der Waals surface area contributed by atoms with E-state index in [2.05, 4.69) is 4.90 Å². The molecule has 4 fully saturated rings. The summed E-state index contributed by atoms with van der Waals surface area (Å²) in [6, 6.07) is 0. The van der Waals surface area contributed by atoms with Crippen molar-refractivity contribution in [3.05, 3.63) is 0 Å². The van der Waals surface area contributed by atoms with Crippen LogP contribution in [0.3, 0.4) is 0 Å². The van der Waals surface area contributed by atoms with Gasteiger partial charge in [0.05, 0.1) is 5.41 Å². The summed E-state index contributed by atoms with van der Waals surface area (Å²) < 4.78 is 5.39. The highest BCUT2D eigenvalue weighted by atomic mass is 16.5. The highest BCUT2D eigenvalue weighted by Crippen LogP contribution is 2.43. The van der Waals surface area contributed by atoms with Crippen molar-refractivity contribution in [3.63, 3.8) is 0 Å². The van der Waals surface area contributed by atoms with Crippen molar-refractivity contribution in [2.45, 2.75) is 57.8 Å². The monoisotopic (exact) mass is 348 g/mol. The zero-order chi connectivity index (χ0) is 17.3. The quantitative estimate of drug-likeness (QED) is 0.787. The molecule has 1 atom stereocenters. The molecule has 5 nitrogen and oxygen atoms in total. The lowest BCUT2D eigenvalue weighted by Gasteiger charge is -2.32. The number of hydrogen-bond acceptors (Lipinski definition) is 3. The van der Waals surface area contributed by atoms with Gasteiger partial charge in [-0.2, -0.15) is 0 Å². The van der Waals surface area contributed by atoms with Gasteiger partial charge in [0.15, 0.2) is 0 Å². The van der Waals surface area contributed by atoms with Gasteiger partial charge >= 0.3 is 0 Å². The summed E-state index contributed by atoms with van der Waals surface area (Å²) >= 11 is 0. The molecule has 3 aliphatic heterocycles. The SMILES string of the molecule is O=C(C1CCOCC1)N1CCC[C@]2(CC1)CCN(CC1CCC1)C2=O. The first-order chi connectivity index (χ1) is 12.2. The van der Waals surface area contributed by atoms with Crippen LogP contribution < -0.4 is 0 Å². The summed E-state index contributed by atoms with van der Waals surface area (Å²) in [4.78, 5) is 30.1. The maximum atomic E-state index is 13.1. The van der Waals surface area contributed by atoms with Gasteiger partial charge in [-0.1, -0.05) is 6.42 Å². The molecule has 0 radical (unpaired) electrons. The number of carbonyl (C=O) groups excluding carboxylic acids is 2. The van der Waals surface area contributed by atoms with Crippen LogP contribution in [0.5, 0.6) is 0 Å². The second-order valence-electron chi connectivity index (χ2n) is 8.64. The first-order valence-electron chi connectivity index (χ1n) is 10.3. The standard InChI is InChI=1S/C20H32N2O3/c23-18(17-5-13-25-14-6-17)21-10-2-7-20(8-11-21)9-12-22(19(20)24)15-16-3-1-4-16/h16-17H,1-15H2/t20-/m0/s1. The third kappa shape index (κ3) is 3.44. The van der Waals surface area contributed by atoms with E-state index in [0.717, 1.165) is 70.6 Å². The van der Waals surface area contributed by atoms with Gasteiger partial charge in [0.1, 0.15) is 0 Å². The summed E-state index contributed by atoms with van der Waals surface area (Å²) in [6.07, 6.45) is 9.43. The van der Waals surface area contributed by atoms with Crippen LogP contribution in [0, 0.1) is 17.3 Å². The number of hydrogen-bond donors (Lipinski definition) is 0. The predicted octanol–water partition coefficient (Wildman–Crippen LogP) is 2.44. The number of amides is 2. The molecule has 25 heavy (non-hydrogen) atoms. The van der Waals surface area contributed by atoms with Gasteiger partial charge in [-0.15, -0.1) is 0 Å². The Kier molecular flexibility index (Phi) is 5.03. The van der Waals surface area contributed by atoms with E-state index in [0.29, 0.717) is 25.0 Å². The lowest BCUT2D eigenvalue weighted by atomic mass is 9.79. The Balaban J connectivity index is 1.35. The minimum Gasteiger partial charge on any atom is -0.381 e. The molecule has 0 bridgehead atoms. The van der Waals surface area contributed by atoms with E-state index in [1.54, 1.807) is 0 Å². The van der Waals surface area contributed by atoms with E-state index in [1.165, 1.54) is 19.3 Å². The van der Waals surface area contributed by atoms with Crippen LogP contribution in [0.4, 0.5) is 0 Å². The third-order valence-electron chi connectivity index (χ3n) is 7.13. The van der Waals surface area contributed by atoms with Gasteiger partial charge in [-0.25, -0.2) is 0 Å². The van der Waals surface area contributed by atoms with E-state index in [4.69, 9.17) is 4.74 Å². The maximum Gasteiger partial charge on any atom is 0.228 e. The van der Waals surface area contributed by atoms with Crippen LogP contribution in [0.1, 0.15) is 57.8 Å². The third-order valence-corrected chi connectivity index (χ3v) is 7.13. The Morgan fingerprint density at radius 3 is 2.48 bits per heavy atom. The molecule has 5 heteroatoms. The number of rotatable bonds is 3. The van der Waals surface area contributed by atoms with Crippen LogP contribution >= 0.6 is 0 Å². The molecule has 0 N–H and O–H groups in total. The average Bonchev–Trinajstić information content (AvgIpc) is 2.78. The lowest BCUT2D eigenvalue weighted by molar-refractivity contribution is -0.140. The van der Waals surface area contributed by atoms with E-state index in [-0.39, 0.29) is 11.3 Å². The average molecular weight is 348 g/mol. The first-order valence-corrected chi connectivity index (χ1v) is 10.3. The van der Waals surface area contributed by atoms with Gasteiger partial charge in [0.25, 0.3) is 0 Å². The summed E-state index contributed by atoms with van der Waals surface area (Å²) in [5.41, 5.74) is -0.172. The molecule has 1 saturated carbocycles. The number of ether oxygens (including phenoxy) is 1. The normalized spacial score (nSPS) is 32.1. The Hall–Kier alpha value is -1.10. The molecular formula is C20H32N2O3. The molecule has 0 aromatic rings. The Morgan fingerprint density at radius 1 is 1.00 bits per heavy atom. The van der Waals surface area contributed by atoms with Crippen molar-refractivity contribution in [1.82, 2.24) is 9.80 Å². The van der Waals surface area contributed by atoms with Gasteiger partial charge in [0, 0.05) is 45.3 Å². The highest BCUT2D eigenvalue weighted by Gasteiger charge is 2.47. The molecule has 4 rings (SSSR count). The van der Waals surface area contributed by atoms with E-state index in [9.17, 15) is 9.59 Å². The molecule has 4 aliphatic rings. The largest absolute Gasteiger partial charge is 0.381 e. The maximum absolute atomic E-state index is 13.1. The fourth-order valence-corrected chi connectivity index (χ4v) is 5.14. The van der Waals surface area contributed by atoms with Crippen molar-refractivity contribution < 1.29 is 14.3 Å². The minimum absolute atomic E-state index is 0.136. The van der Waals surface area contributed by atoms with Crippen LogP contribution in [-0.2, 0) is 14.3 Å². The lowest BCUT2D eigenvalue weighted by Crippen LogP contribution is -2.41. The number of nitrogens with zero attached hydrogens (tertiary/aromatic N) is 2. The summed E-state index contributed by atoms with van der Waals surface area (Å²) in [5, 5.41) is 0. The molecule has 0 aromatic heterocycles. The second kappa shape index (κ2) is 7.26. The molecule has 1 aliphatic carbocycles. The minimum atomic E-state index is -0.172. The molecule has 0 aromatic carbocycles. The van der Waals surface area contributed by atoms with Crippen LogP contribution in [0.15, 0.2) is 0 Å². The molecule has 2 amide bonds. The molecule has 140 valence electrons. The Morgan fingerprint density at radius 2 is 1.76 bits per heavy atom. The van der Waals surface area contributed by atoms with E-state index >= 15 is 0 Å². The van der Waals surface area contributed by atoms with Crippen molar-refractivity contribution in [2.24, 2.45) is 17.3 Å². The number of likely N-dealkylation sites (tertiary alicyclic amines) is 2. The van der Waals surface area contributed by atoms with Crippen molar-refractivity contribution in [1.29, 1.82) is 0 Å². The summed E-state index contributed by atoms with van der Waals surface area (Å²) in [5.74, 6) is 1.57. The molecule has 0 unspecified atom stereocenters. The zero-order valence-corrected chi connectivity index (χ0v) is 15.4. The van der Waals surface area contributed by atoms with Crippen molar-refractivity contribution >= 4 is 11.8 Å². The summed E-state index contributed by atoms with van der Waals surface area (Å²) in [7, 11) is 0. The van der Waals surface area contributed by atoms with Gasteiger partial charge in [-0.3, -0.25) is 9.59 Å². The van der Waals surface area contributed by atoms with Crippen molar-refractivity contribution in [3.8, 4) is 0 Å². The Labute approximate surface area is 151 Å². The highest BCUT2D eigenvalue weighted by molar-refractivity contribution is 5.85. The van der Waals surface area contributed by atoms with Crippen LogP contribution in [0.2, 0.25) is 0 Å². The molecule has 1 spiro atoms. The fourth-order valence-electron chi connectivity index (χ4n) is 5.14. The molecule has 3 saturated heterocycles. The fraction of sp³-hybridized carbons (Fsp3) is 0.900. The topological polar surface area (TPSA) is 49.9 Å². The van der Waals surface area contributed by atoms with E-state index in [1.807, 2.05) is 4.90 Å². The smallest absolute Gasteiger partial charge is 0.228 e. The van der Waals surface area contributed by atoms with Gasteiger partial charge in [-0.05, 0) is 57.3 Å². The zero-order valence-electron chi connectivity index (χ0n) is 15.4. The number of carbonyl (C=O) groups is 2. The van der Waals surface area contributed by atoms with Crippen LogP contribution in [-0.4, -0.2) is 61.0 Å². The summed E-state index contributed by atoms with van der Waals surface area (Å²) in [6.45, 7) is 4.92. The van der Waals surface area contributed by atoms with E-state index < -0.39 is 0 Å². The predicted molar refractivity (Wildman–Crippen MR) is 94.9 cm³/mol. The first kappa shape index (κ1) is 17.3. The van der Waals surface area contributed by atoms with Crippen LogP contribution in [0.25, 0.3) is 0 Å². The second-order valence-corrected chi connectivity index (χ2v) is 8.64. The Bertz CT molecular complexity index is 513. The van der Waals surface area contributed by atoms with Gasteiger partial charge < -0.3 is 14.5 Å². The molecule has 3 heterocycles.